The molecule has 1 fully saturated rings. The van der Waals surface area contributed by atoms with Crippen molar-refractivity contribution in [3.63, 3.8) is 0 Å². The predicted molar refractivity (Wildman–Crippen MR) is 131 cm³/mol. The maximum absolute atomic E-state index is 12.4. The van der Waals surface area contributed by atoms with E-state index in [1.54, 1.807) is 24.3 Å². The first-order chi connectivity index (χ1) is 15.8. The summed E-state index contributed by atoms with van der Waals surface area (Å²) in [6.45, 7) is 6.27. The summed E-state index contributed by atoms with van der Waals surface area (Å²) in [5.41, 5.74) is 2.51. The molecule has 2 aromatic carbocycles. The van der Waals surface area contributed by atoms with Gasteiger partial charge in [0.25, 0.3) is 17.1 Å². The maximum atomic E-state index is 12.4. The van der Waals surface area contributed by atoms with E-state index >= 15 is 0 Å². The summed E-state index contributed by atoms with van der Waals surface area (Å²) in [6.07, 6.45) is 2.37. The van der Waals surface area contributed by atoms with Gasteiger partial charge in [-0.15, -0.1) is 0 Å². The van der Waals surface area contributed by atoms with Crippen molar-refractivity contribution in [1.82, 2.24) is 4.90 Å². The lowest BCUT2D eigenvalue weighted by atomic mass is 10.0. The SMILES string of the molecule is CCCN1C(=O)S/C(=C\c2ccc(OCC(=O)Nc3ccccc3C(C)C)c(OC)c2)C1=O. The second-order valence-electron chi connectivity index (χ2n) is 7.82. The van der Waals surface area contributed by atoms with Crippen LogP contribution >= 0.6 is 11.8 Å². The predicted octanol–water partition coefficient (Wildman–Crippen LogP) is 5.28. The van der Waals surface area contributed by atoms with E-state index in [0.717, 1.165) is 23.0 Å². The first kappa shape index (κ1) is 24.4. The molecular formula is C25H28N2O5S. The van der Waals surface area contributed by atoms with Crippen LogP contribution in [0.25, 0.3) is 6.08 Å². The fraction of sp³-hybridized carbons (Fsp3) is 0.320. The van der Waals surface area contributed by atoms with E-state index < -0.39 is 0 Å². The number of para-hydroxylation sites is 1. The van der Waals surface area contributed by atoms with Gasteiger partial charge < -0.3 is 14.8 Å². The Morgan fingerprint density at radius 2 is 1.91 bits per heavy atom. The van der Waals surface area contributed by atoms with E-state index in [9.17, 15) is 14.4 Å². The number of carbonyl (C=O) groups excluding carboxylic acids is 3. The van der Waals surface area contributed by atoms with Gasteiger partial charge in [-0.2, -0.15) is 0 Å². The minimum Gasteiger partial charge on any atom is -0.493 e. The summed E-state index contributed by atoms with van der Waals surface area (Å²) in [5.74, 6) is 0.537. The summed E-state index contributed by atoms with van der Waals surface area (Å²) in [7, 11) is 1.50. The molecule has 0 bridgehead atoms. The highest BCUT2D eigenvalue weighted by Gasteiger charge is 2.34. The van der Waals surface area contributed by atoms with Gasteiger partial charge in [-0.25, -0.2) is 0 Å². The Morgan fingerprint density at radius 1 is 1.15 bits per heavy atom. The van der Waals surface area contributed by atoms with E-state index in [0.29, 0.717) is 34.9 Å². The monoisotopic (exact) mass is 468 g/mol. The zero-order valence-electron chi connectivity index (χ0n) is 19.2. The molecule has 2 aromatic rings. The third-order valence-corrected chi connectivity index (χ3v) is 5.93. The van der Waals surface area contributed by atoms with Crippen molar-refractivity contribution in [3.8, 4) is 11.5 Å². The van der Waals surface area contributed by atoms with Crippen LogP contribution in [0.1, 0.15) is 44.2 Å². The molecule has 3 amide bonds. The molecule has 0 spiro atoms. The molecule has 1 aliphatic heterocycles. The van der Waals surface area contributed by atoms with Crippen LogP contribution in [0.2, 0.25) is 0 Å². The molecule has 0 aromatic heterocycles. The molecule has 0 atom stereocenters. The van der Waals surface area contributed by atoms with Gasteiger partial charge in [-0.05, 0) is 59.5 Å². The van der Waals surface area contributed by atoms with Gasteiger partial charge in [0.2, 0.25) is 0 Å². The van der Waals surface area contributed by atoms with Gasteiger partial charge in [-0.1, -0.05) is 45.0 Å². The Labute approximate surface area is 198 Å². The van der Waals surface area contributed by atoms with Crippen molar-refractivity contribution in [2.75, 3.05) is 25.6 Å². The van der Waals surface area contributed by atoms with Crippen LogP contribution in [-0.4, -0.2) is 42.2 Å². The number of imide groups is 1. The summed E-state index contributed by atoms with van der Waals surface area (Å²) in [4.78, 5) is 38.5. The molecular weight excluding hydrogens is 440 g/mol. The van der Waals surface area contributed by atoms with Crippen molar-refractivity contribution in [1.29, 1.82) is 0 Å². The number of nitrogens with zero attached hydrogens (tertiary/aromatic N) is 1. The maximum Gasteiger partial charge on any atom is 0.293 e. The number of thioether (sulfide) groups is 1. The molecule has 1 saturated heterocycles. The van der Waals surface area contributed by atoms with Gasteiger partial charge in [0, 0.05) is 12.2 Å². The minimum absolute atomic E-state index is 0.182. The molecule has 0 radical (unpaired) electrons. The third kappa shape index (κ3) is 5.96. The normalized spacial score (nSPS) is 14.8. The fourth-order valence-corrected chi connectivity index (χ4v) is 4.27. The number of anilines is 1. The molecule has 174 valence electrons. The summed E-state index contributed by atoms with van der Waals surface area (Å²) >= 11 is 0.926. The van der Waals surface area contributed by atoms with Crippen molar-refractivity contribution in [3.05, 3.63) is 58.5 Å². The highest BCUT2D eigenvalue weighted by molar-refractivity contribution is 8.18. The average molecular weight is 469 g/mol. The standard InChI is InChI=1S/C25H28N2O5S/c1-5-12-27-24(29)22(33-25(27)30)14-17-10-11-20(21(13-17)31-4)32-15-23(28)26-19-9-7-6-8-18(19)16(2)3/h6-11,13-14,16H,5,12,15H2,1-4H3,(H,26,28)/b22-14-. The molecule has 0 saturated carbocycles. The molecule has 7 nitrogen and oxygen atoms in total. The van der Waals surface area contributed by atoms with Gasteiger partial charge in [0.15, 0.2) is 18.1 Å². The Hall–Kier alpha value is -3.26. The van der Waals surface area contributed by atoms with Crippen molar-refractivity contribution in [2.24, 2.45) is 0 Å². The number of carbonyl (C=O) groups is 3. The Kier molecular flexibility index (Phi) is 8.16. The molecule has 0 aliphatic carbocycles. The van der Waals surface area contributed by atoms with Gasteiger partial charge >= 0.3 is 0 Å². The highest BCUT2D eigenvalue weighted by Crippen LogP contribution is 2.34. The van der Waals surface area contributed by atoms with E-state index in [2.05, 4.69) is 19.2 Å². The number of nitrogens with one attached hydrogen (secondary N) is 1. The topological polar surface area (TPSA) is 84.9 Å². The number of benzene rings is 2. The van der Waals surface area contributed by atoms with E-state index in [1.165, 1.54) is 12.0 Å². The van der Waals surface area contributed by atoms with Crippen LogP contribution in [0.3, 0.4) is 0 Å². The molecule has 1 N–H and O–H groups in total. The second kappa shape index (κ2) is 11.0. The Morgan fingerprint density at radius 3 is 2.61 bits per heavy atom. The zero-order valence-corrected chi connectivity index (χ0v) is 20.0. The van der Waals surface area contributed by atoms with Crippen LogP contribution < -0.4 is 14.8 Å². The number of methoxy groups -OCH3 is 1. The number of hydrogen-bond donors (Lipinski definition) is 1. The molecule has 33 heavy (non-hydrogen) atoms. The number of ether oxygens (including phenoxy) is 2. The lowest BCUT2D eigenvalue weighted by Gasteiger charge is -2.15. The van der Waals surface area contributed by atoms with Crippen molar-refractivity contribution < 1.29 is 23.9 Å². The van der Waals surface area contributed by atoms with Crippen LogP contribution in [0.4, 0.5) is 10.5 Å². The number of hydrogen-bond acceptors (Lipinski definition) is 6. The highest BCUT2D eigenvalue weighted by atomic mass is 32.2. The van der Waals surface area contributed by atoms with Gasteiger partial charge in [-0.3, -0.25) is 19.3 Å². The molecule has 1 aliphatic rings. The Balaban J connectivity index is 1.68. The van der Waals surface area contributed by atoms with Crippen LogP contribution in [-0.2, 0) is 9.59 Å². The zero-order chi connectivity index (χ0) is 24.0. The van der Waals surface area contributed by atoms with E-state index in [4.69, 9.17) is 9.47 Å². The molecule has 3 rings (SSSR count). The molecule has 1 heterocycles. The summed E-state index contributed by atoms with van der Waals surface area (Å²) in [6, 6.07) is 12.8. The first-order valence-corrected chi connectivity index (χ1v) is 11.6. The van der Waals surface area contributed by atoms with Crippen molar-refractivity contribution >= 4 is 40.6 Å². The van der Waals surface area contributed by atoms with Crippen LogP contribution in [0, 0.1) is 0 Å². The quantitative estimate of drug-likeness (QED) is 0.504. The summed E-state index contributed by atoms with van der Waals surface area (Å²) in [5, 5.41) is 2.63. The van der Waals surface area contributed by atoms with E-state index in [1.807, 2.05) is 31.2 Å². The lowest BCUT2D eigenvalue weighted by molar-refractivity contribution is -0.122. The summed E-state index contributed by atoms with van der Waals surface area (Å²) < 4.78 is 11.1. The third-order valence-electron chi connectivity index (χ3n) is 5.02. The second-order valence-corrected chi connectivity index (χ2v) is 8.82. The molecule has 8 heteroatoms. The van der Waals surface area contributed by atoms with Gasteiger partial charge in [0.1, 0.15) is 0 Å². The van der Waals surface area contributed by atoms with Gasteiger partial charge in [0.05, 0.1) is 12.0 Å². The van der Waals surface area contributed by atoms with E-state index in [-0.39, 0.29) is 29.6 Å². The number of amides is 3. The minimum atomic E-state index is -0.288. The van der Waals surface area contributed by atoms with Crippen LogP contribution in [0.15, 0.2) is 47.4 Å². The number of rotatable bonds is 9. The van der Waals surface area contributed by atoms with Crippen LogP contribution in [0.5, 0.6) is 11.5 Å². The molecule has 0 unspecified atom stereocenters. The average Bonchev–Trinajstić information content (AvgIpc) is 3.06. The Bertz CT molecular complexity index is 1080. The fourth-order valence-electron chi connectivity index (χ4n) is 3.40. The lowest BCUT2D eigenvalue weighted by Crippen LogP contribution is -2.28. The van der Waals surface area contributed by atoms with Crippen molar-refractivity contribution in [2.45, 2.75) is 33.1 Å². The largest absolute Gasteiger partial charge is 0.493 e. The smallest absolute Gasteiger partial charge is 0.293 e. The first-order valence-electron chi connectivity index (χ1n) is 10.8.